The van der Waals surface area contributed by atoms with Crippen LogP contribution in [0.15, 0.2) is 17.1 Å². The quantitative estimate of drug-likeness (QED) is 0.675. The van der Waals surface area contributed by atoms with Crippen LogP contribution in [0.4, 0.5) is 0 Å². The third kappa shape index (κ3) is 1.84. The summed E-state index contributed by atoms with van der Waals surface area (Å²) in [5.41, 5.74) is 1.00. The zero-order valence-corrected chi connectivity index (χ0v) is 6.29. The van der Waals surface area contributed by atoms with Crippen molar-refractivity contribution in [3.63, 3.8) is 0 Å². The number of nitrogens with one attached hydrogen (secondary N) is 1. The molecule has 0 amide bonds. The first-order valence-electron chi connectivity index (χ1n) is 3.37. The zero-order chi connectivity index (χ0) is 7.40. The second-order valence-electron chi connectivity index (χ2n) is 2.37. The van der Waals surface area contributed by atoms with Crippen LogP contribution in [0.25, 0.3) is 0 Å². The second-order valence-corrected chi connectivity index (χ2v) is 2.37. The van der Waals surface area contributed by atoms with Crippen molar-refractivity contribution in [2.75, 3.05) is 7.05 Å². The first kappa shape index (κ1) is 7.28. The Morgan fingerprint density at radius 1 is 1.80 bits per heavy atom. The van der Waals surface area contributed by atoms with Crippen molar-refractivity contribution in [1.82, 2.24) is 10.3 Å². The van der Waals surface area contributed by atoms with Crippen molar-refractivity contribution >= 4 is 0 Å². The zero-order valence-electron chi connectivity index (χ0n) is 6.29. The predicted octanol–water partition coefficient (Wildman–Crippen LogP) is 0.825. The molecule has 0 aliphatic carbocycles. The summed E-state index contributed by atoms with van der Waals surface area (Å²) in [4.78, 5) is 4.00. The molecule has 1 unspecified atom stereocenters. The highest BCUT2D eigenvalue weighted by Gasteiger charge is 2.01. The normalized spacial score (nSPS) is 13.4. The number of hydrogen-bond donors (Lipinski definition) is 1. The van der Waals surface area contributed by atoms with Gasteiger partial charge in [0.05, 0.1) is 5.69 Å². The van der Waals surface area contributed by atoms with Crippen LogP contribution in [0.1, 0.15) is 12.6 Å². The van der Waals surface area contributed by atoms with Gasteiger partial charge in [-0.25, -0.2) is 4.98 Å². The van der Waals surface area contributed by atoms with Crippen LogP contribution < -0.4 is 5.32 Å². The summed E-state index contributed by atoms with van der Waals surface area (Å²) in [6, 6.07) is 0.463. The molecule has 0 bridgehead atoms. The molecule has 0 fully saturated rings. The Balaban J connectivity index is 2.40. The maximum absolute atomic E-state index is 4.82. The average Bonchev–Trinajstić information content (AvgIpc) is 2.40. The molecule has 0 saturated carbocycles. The van der Waals surface area contributed by atoms with E-state index in [2.05, 4.69) is 17.2 Å². The Hall–Kier alpha value is -0.830. The van der Waals surface area contributed by atoms with Gasteiger partial charge in [0.1, 0.15) is 6.26 Å². The molecule has 0 aliphatic rings. The van der Waals surface area contributed by atoms with E-state index in [1.165, 1.54) is 6.39 Å². The molecule has 0 aliphatic heterocycles. The lowest BCUT2D eigenvalue weighted by molar-refractivity contribution is 0.552. The summed E-state index contributed by atoms with van der Waals surface area (Å²) in [5, 5.41) is 3.12. The third-order valence-electron chi connectivity index (χ3n) is 1.49. The minimum atomic E-state index is 0.463. The van der Waals surface area contributed by atoms with E-state index < -0.39 is 0 Å². The summed E-state index contributed by atoms with van der Waals surface area (Å²) in [6.45, 7) is 2.11. The fourth-order valence-electron chi connectivity index (χ4n) is 0.754. The molecular formula is C7H12N2O. The molecule has 3 heteroatoms. The average molecular weight is 140 g/mol. The summed E-state index contributed by atoms with van der Waals surface area (Å²) in [7, 11) is 1.94. The van der Waals surface area contributed by atoms with Gasteiger partial charge in [0.15, 0.2) is 6.39 Å². The molecule has 1 rings (SSSR count). The second kappa shape index (κ2) is 3.37. The van der Waals surface area contributed by atoms with Gasteiger partial charge < -0.3 is 9.73 Å². The Kier molecular flexibility index (Phi) is 2.45. The van der Waals surface area contributed by atoms with Gasteiger partial charge in [0, 0.05) is 12.5 Å². The third-order valence-corrected chi connectivity index (χ3v) is 1.49. The lowest BCUT2D eigenvalue weighted by Gasteiger charge is -2.05. The molecule has 0 radical (unpaired) electrons. The van der Waals surface area contributed by atoms with Crippen molar-refractivity contribution in [3.05, 3.63) is 18.4 Å². The van der Waals surface area contributed by atoms with Crippen LogP contribution in [0.3, 0.4) is 0 Å². The highest BCUT2D eigenvalue weighted by Crippen LogP contribution is 1.98. The van der Waals surface area contributed by atoms with Crippen LogP contribution in [-0.4, -0.2) is 18.1 Å². The molecule has 1 N–H and O–H groups in total. The molecule has 3 nitrogen and oxygen atoms in total. The van der Waals surface area contributed by atoms with Gasteiger partial charge in [-0.05, 0) is 14.0 Å². The highest BCUT2D eigenvalue weighted by atomic mass is 16.3. The van der Waals surface area contributed by atoms with Crippen molar-refractivity contribution in [1.29, 1.82) is 0 Å². The number of nitrogens with zero attached hydrogens (tertiary/aromatic N) is 1. The Morgan fingerprint density at radius 2 is 2.60 bits per heavy atom. The molecule has 1 atom stereocenters. The number of rotatable bonds is 3. The maximum atomic E-state index is 4.82. The maximum Gasteiger partial charge on any atom is 0.180 e. The number of hydrogen-bond acceptors (Lipinski definition) is 3. The summed E-state index contributed by atoms with van der Waals surface area (Å²) >= 11 is 0. The van der Waals surface area contributed by atoms with E-state index in [0.29, 0.717) is 6.04 Å². The first-order chi connectivity index (χ1) is 4.83. The van der Waals surface area contributed by atoms with E-state index in [0.717, 1.165) is 12.1 Å². The van der Waals surface area contributed by atoms with Crippen LogP contribution in [0.5, 0.6) is 0 Å². The van der Waals surface area contributed by atoms with E-state index >= 15 is 0 Å². The first-order valence-corrected chi connectivity index (χ1v) is 3.37. The van der Waals surface area contributed by atoms with Crippen LogP contribution in [-0.2, 0) is 6.42 Å². The molecule has 10 heavy (non-hydrogen) atoms. The molecular weight excluding hydrogens is 128 g/mol. The number of likely N-dealkylation sites (N-methyl/N-ethyl adjacent to an activating group) is 1. The fourth-order valence-corrected chi connectivity index (χ4v) is 0.754. The lowest BCUT2D eigenvalue weighted by Crippen LogP contribution is -2.23. The highest BCUT2D eigenvalue weighted by molar-refractivity contribution is 4.93. The smallest absolute Gasteiger partial charge is 0.180 e. The van der Waals surface area contributed by atoms with Gasteiger partial charge in [-0.1, -0.05) is 0 Å². The van der Waals surface area contributed by atoms with Crippen LogP contribution >= 0.6 is 0 Å². The van der Waals surface area contributed by atoms with Gasteiger partial charge in [-0.3, -0.25) is 0 Å². The molecule has 0 saturated heterocycles. The molecule has 1 aromatic rings. The number of aromatic nitrogens is 1. The van der Waals surface area contributed by atoms with Crippen molar-refractivity contribution < 1.29 is 4.42 Å². The van der Waals surface area contributed by atoms with E-state index in [9.17, 15) is 0 Å². The van der Waals surface area contributed by atoms with E-state index in [1.807, 2.05) is 7.05 Å². The molecule has 1 aromatic heterocycles. The monoisotopic (exact) mass is 140 g/mol. The van der Waals surface area contributed by atoms with Gasteiger partial charge in [0.25, 0.3) is 0 Å². The molecule has 56 valence electrons. The standard InChI is InChI=1S/C7H12N2O/c1-6(8-2)3-7-4-10-5-9-7/h4-6,8H,3H2,1-2H3. The van der Waals surface area contributed by atoms with Crippen LogP contribution in [0, 0.1) is 0 Å². The fraction of sp³-hybridized carbons (Fsp3) is 0.571. The Bertz CT molecular complexity index is 172. The van der Waals surface area contributed by atoms with E-state index in [-0.39, 0.29) is 0 Å². The minimum Gasteiger partial charge on any atom is -0.451 e. The lowest BCUT2D eigenvalue weighted by atomic mass is 10.2. The molecule has 1 heterocycles. The van der Waals surface area contributed by atoms with Gasteiger partial charge in [-0.15, -0.1) is 0 Å². The number of oxazole rings is 1. The Labute approximate surface area is 60.5 Å². The van der Waals surface area contributed by atoms with Crippen molar-refractivity contribution in [2.45, 2.75) is 19.4 Å². The summed E-state index contributed by atoms with van der Waals surface area (Å²) in [6.07, 6.45) is 4.05. The van der Waals surface area contributed by atoms with Crippen molar-refractivity contribution in [3.8, 4) is 0 Å². The largest absolute Gasteiger partial charge is 0.451 e. The van der Waals surface area contributed by atoms with Crippen LogP contribution in [0.2, 0.25) is 0 Å². The summed E-state index contributed by atoms with van der Waals surface area (Å²) < 4.78 is 4.82. The van der Waals surface area contributed by atoms with E-state index in [1.54, 1.807) is 6.26 Å². The van der Waals surface area contributed by atoms with Gasteiger partial charge >= 0.3 is 0 Å². The van der Waals surface area contributed by atoms with Gasteiger partial charge in [0.2, 0.25) is 0 Å². The Morgan fingerprint density at radius 3 is 3.10 bits per heavy atom. The van der Waals surface area contributed by atoms with Gasteiger partial charge in [-0.2, -0.15) is 0 Å². The SMILES string of the molecule is CNC(C)Cc1cocn1. The molecule has 0 spiro atoms. The molecule has 0 aromatic carbocycles. The predicted molar refractivity (Wildman–Crippen MR) is 38.7 cm³/mol. The van der Waals surface area contributed by atoms with Crippen molar-refractivity contribution in [2.24, 2.45) is 0 Å². The minimum absolute atomic E-state index is 0.463. The topological polar surface area (TPSA) is 38.1 Å². The summed E-state index contributed by atoms with van der Waals surface area (Å²) in [5.74, 6) is 0. The van der Waals surface area contributed by atoms with E-state index in [4.69, 9.17) is 4.42 Å².